The molecule has 156 valence electrons. The van der Waals surface area contributed by atoms with E-state index >= 15 is 0 Å². The maximum absolute atomic E-state index is 12.0. The van der Waals surface area contributed by atoms with E-state index in [9.17, 15) is 4.79 Å². The van der Waals surface area contributed by atoms with Gasteiger partial charge in [0.05, 0.1) is 6.04 Å². The molecule has 0 unspecified atom stereocenters. The molecular weight excluding hydrogens is 374 g/mol. The van der Waals surface area contributed by atoms with E-state index in [2.05, 4.69) is 59.3 Å². The minimum Gasteiger partial charge on any atom is -0.382 e. The van der Waals surface area contributed by atoms with Gasteiger partial charge in [0.15, 0.2) is 0 Å². The third-order valence-corrected chi connectivity index (χ3v) is 5.77. The summed E-state index contributed by atoms with van der Waals surface area (Å²) in [5.74, 6) is 0.230. The van der Waals surface area contributed by atoms with Crippen LogP contribution in [0.4, 0.5) is 11.4 Å². The van der Waals surface area contributed by atoms with Gasteiger partial charge in [-0.3, -0.25) is 4.79 Å². The Bertz CT molecular complexity index is 947. The molecule has 0 bridgehead atoms. The largest absolute Gasteiger partial charge is 0.382 e. The number of allylic oxidation sites excluding steroid dienone is 1. The van der Waals surface area contributed by atoms with Crippen LogP contribution in [0.1, 0.15) is 51.1 Å². The zero-order chi connectivity index (χ0) is 21.5. The maximum Gasteiger partial charge on any atom is 0.224 e. The highest BCUT2D eigenvalue weighted by atomic mass is 16.1. The lowest BCUT2D eigenvalue weighted by atomic mass is 9.82. The molecule has 3 atom stereocenters. The first-order chi connectivity index (χ1) is 14.6. The first-order valence-corrected chi connectivity index (χ1v) is 10.5. The lowest BCUT2D eigenvalue weighted by molar-refractivity contribution is -0.116. The van der Waals surface area contributed by atoms with E-state index in [0.717, 1.165) is 47.3 Å². The van der Waals surface area contributed by atoms with Gasteiger partial charge in [0, 0.05) is 28.7 Å². The van der Waals surface area contributed by atoms with Crippen molar-refractivity contribution in [3.63, 3.8) is 0 Å². The molecule has 0 spiro atoms. The summed E-state index contributed by atoms with van der Waals surface area (Å²) in [6.45, 7) is 7.94. The van der Waals surface area contributed by atoms with Gasteiger partial charge in [-0.1, -0.05) is 43.2 Å². The number of benzene rings is 2. The van der Waals surface area contributed by atoms with E-state index in [1.54, 1.807) is 0 Å². The fraction of sp³-hybridized carbons (Fsp3) is 0.375. The second-order valence-corrected chi connectivity index (χ2v) is 7.78. The van der Waals surface area contributed by atoms with Crippen molar-refractivity contribution in [2.75, 3.05) is 10.6 Å². The van der Waals surface area contributed by atoms with Crippen LogP contribution >= 0.6 is 0 Å². The maximum atomic E-state index is 12.0. The van der Waals surface area contributed by atoms with Crippen LogP contribution in [-0.4, -0.2) is 11.9 Å². The van der Waals surface area contributed by atoms with Gasteiger partial charge in [-0.15, -0.1) is 6.58 Å². The smallest absolute Gasteiger partial charge is 0.224 e. The molecular formula is C24H29N5O. The third-order valence-electron chi connectivity index (χ3n) is 5.77. The van der Waals surface area contributed by atoms with E-state index in [0.29, 0.717) is 6.42 Å². The Balaban J connectivity index is 1.79. The summed E-state index contributed by atoms with van der Waals surface area (Å²) in [4.78, 5) is 15.1. The average Bonchev–Trinajstić information content (AvgIpc) is 2.76. The van der Waals surface area contributed by atoms with Gasteiger partial charge in [-0.25, -0.2) is 0 Å². The molecule has 3 rings (SSSR count). The first-order valence-electron chi connectivity index (χ1n) is 10.5. The summed E-state index contributed by atoms with van der Waals surface area (Å²) < 4.78 is 0. The Morgan fingerprint density at radius 3 is 2.67 bits per heavy atom. The van der Waals surface area contributed by atoms with Crippen molar-refractivity contribution in [1.29, 1.82) is 0 Å². The second-order valence-electron chi connectivity index (χ2n) is 7.78. The molecule has 1 aliphatic rings. The average molecular weight is 404 g/mol. The highest BCUT2D eigenvalue weighted by molar-refractivity contribution is 5.91. The number of carbonyl (C=O) groups excluding carboxylic acids is 1. The van der Waals surface area contributed by atoms with Crippen molar-refractivity contribution in [1.82, 2.24) is 0 Å². The molecule has 2 aromatic carbocycles. The quantitative estimate of drug-likeness (QED) is 0.166. The zero-order valence-electron chi connectivity index (χ0n) is 17.6. The predicted octanol–water partition coefficient (Wildman–Crippen LogP) is 6.84. The van der Waals surface area contributed by atoms with Crippen molar-refractivity contribution < 1.29 is 4.79 Å². The molecule has 0 aromatic heterocycles. The van der Waals surface area contributed by atoms with E-state index in [1.807, 2.05) is 30.3 Å². The number of azide groups is 1. The number of fused-ring (bicyclic) bond motifs is 1. The molecule has 0 saturated heterocycles. The minimum atomic E-state index is -0.190. The number of hydrogen-bond donors (Lipinski definition) is 2. The lowest BCUT2D eigenvalue weighted by Gasteiger charge is -2.36. The second kappa shape index (κ2) is 9.99. The van der Waals surface area contributed by atoms with Crippen molar-refractivity contribution in [2.24, 2.45) is 11.0 Å². The van der Waals surface area contributed by atoms with Gasteiger partial charge in [0.2, 0.25) is 5.91 Å². The molecule has 2 N–H and O–H groups in total. The highest BCUT2D eigenvalue weighted by Crippen LogP contribution is 2.42. The van der Waals surface area contributed by atoms with Gasteiger partial charge in [0.25, 0.3) is 0 Å². The molecule has 0 radical (unpaired) electrons. The zero-order valence-corrected chi connectivity index (χ0v) is 17.6. The Kier molecular flexibility index (Phi) is 7.15. The van der Waals surface area contributed by atoms with Crippen LogP contribution < -0.4 is 10.6 Å². The number of nitrogens with zero attached hydrogens (tertiary/aromatic N) is 3. The summed E-state index contributed by atoms with van der Waals surface area (Å²) in [5.41, 5.74) is 14.0. The fourth-order valence-corrected chi connectivity index (χ4v) is 4.03. The monoisotopic (exact) mass is 403 g/mol. The number of amides is 1. The number of anilines is 2. The number of unbranched alkanes of at least 4 members (excludes halogenated alkanes) is 1. The van der Waals surface area contributed by atoms with Crippen molar-refractivity contribution in [3.8, 4) is 11.1 Å². The molecule has 0 fully saturated rings. The van der Waals surface area contributed by atoms with Crippen LogP contribution in [-0.2, 0) is 4.79 Å². The number of carbonyl (C=O) groups is 1. The summed E-state index contributed by atoms with van der Waals surface area (Å²) >= 11 is 0. The first kappa shape index (κ1) is 21.5. The number of rotatable bonds is 8. The Labute approximate surface area is 178 Å². The highest BCUT2D eigenvalue weighted by Gasteiger charge is 2.32. The molecule has 1 amide bonds. The van der Waals surface area contributed by atoms with E-state index < -0.39 is 0 Å². The fourth-order valence-electron chi connectivity index (χ4n) is 4.03. The molecule has 0 aliphatic carbocycles. The Morgan fingerprint density at radius 1 is 1.27 bits per heavy atom. The Hall–Kier alpha value is -3.24. The summed E-state index contributed by atoms with van der Waals surface area (Å²) in [6, 6.07) is 14.2. The molecule has 6 heteroatoms. The molecule has 2 aromatic rings. The van der Waals surface area contributed by atoms with Crippen LogP contribution in [0.15, 0.2) is 60.2 Å². The van der Waals surface area contributed by atoms with E-state index in [-0.39, 0.29) is 23.9 Å². The van der Waals surface area contributed by atoms with Crippen LogP contribution in [0, 0.1) is 5.92 Å². The van der Waals surface area contributed by atoms with Crippen LogP contribution in [0.25, 0.3) is 21.6 Å². The normalized spacial score (nSPS) is 19.7. The van der Waals surface area contributed by atoms with Gasteiger partial charge >= 0.3 is 0 Å². The topological polar surface area (TPSA) is 89.9 Å². The third kappa shape index (κ3) is 4.84. The van der Waals surface area contributed by atoms with Crippen LogP contribution in [0.5, 0.6) is 0 Å². The van der Waals surface area contributed by atoms with Crippen molar-refractivity contribution in [3.05, 3.63) is 71.1 Å². The van der Waals surface area contributed by atoms with Crippen LogP contribution in [0.3, 0.4) is 0 Å². The molecule has 0 saturated carbocycles. The van der Waals surface area contributed by atoms with Gasteiger partial charge in [-0.05, 0) is 71.7 Å². The van der Waals surface area contributed by atoms with Crippen molar-refractivity contribution in [2.45, 2.75) is 51.6 Å². The lowest BCUT2D eigenvalue weighted by Crippen LogP contribution is -2.35. The van der Waals surface area contributed by atoms with Gasteiger partial charge in [-0.2, -0.15) is 0 Å². The summed E-state index contributed by atoms with van der Waals surface area (Å²) in [5, 5.41) is 10.6. The van der Waals surface area contributed by atoms with E-state index in [1.165, 1.54) is 0 Å². The SMILES string of the molecule is C=CCCCC(=O)Nc1ccc(-c2ccc3c(c2)[C@@H](N=[N+]=[N-])[C@H](C)[C@H](CC)N3)cc1. The summed E-state index contributed by atoms with van der Waals surface area (Å²) in [7, 11) is 0. The van der Waals surface area contributed by atoms with Crippen LogP contribution in [0.2, 0.25) is 0 Å². The van der Waals surface area contributed by atoms with Crippen molar-refractivity contribution >= 4 is 17.3 Å². The Morgan fingerprint density at radius 2 is 2.00 bits per heavy atom. The molecule has 6 nitrogen and oxygen atoms in total. The number of hydrogen-bond acceptors (Lipinski definition) is 3. The molecule has 30 heavy (non-hydrogen) atoms. The van der Waals surface area contributed by atoms with Gasteiger partial charge in [0.1, 0.15) is 0 Å². The molecule has 1 aliphatic heterocycles. The standard InChI is InChI=1S/C24H29N5O/c1-4-6-7-8-23(30)26-19-12-9-17(10-13-19)18-11-14-22-20(15-18)24(28-29-25)16(3)21(5-2)27-22/h4,9-16,21,24,27H,1,5-8H2,2-3H3,(H,26,30)/t16-,21+,24+/m1/s1. The summed E-state index contributed by atoms with van der Waals surface area (Å²) in [6.07, 6.45) is 4.93. The van der Waals surface area contributed by atoms with Gasteiger partial charge < -0.3 is 10.6 Å². The number of nitrogens with one attached hydrogen (secondary N) is 2. The predicted molar refractivity (Wildman–Crippen MR) is 123 cm³/mol. The van der Waals surface area contributed by atoms with E-state index in [4.69, 9.17) is 5.53 Å². The minimum absolute atomic E-state index is 0.0149. The molecule has 1 heterocycles.